The van der Waals surface area contributed by atoms with Crippen LogP contribution in [0.15, 0.2) is 0 Å². The Balaban J connectivity index is 2.75. The topological polar surface area (TPSA) is 9.23 Å². The van der Waals surface area contributed by atoms with Gasteiger partial charge in [0.2, 0.25) is 0 Å². The summed E-state index contributed by atoms with van der Waals surface area (Å²) in [7, 11) is 1.82. The van der Waals surface area contributed by atoms with Crippen LogP contribution in [-0.2, 0) is 4.74 Å². The monoisotopic (exact) mass is 192 g/mol. The Hall–Kier alpha value is 0.660. The van der Waals surface area contributed by atoms with Crippen molar-refractivity contribution in [1.29, 1.82) is 0 Å². The molecule has 0 spiro atoms. The second kappa shape index (κ2) is 3.19. The molecule has 1 fully saturated rings. The van der Waals surface area contributed by atoms with E-state index in [1.54, 1.807) is 0 Å². The maximum atomic E-state index is 5.59. The molecule has 11 heavy (non-hydrogen) atoms. The van der Waals surface area contributed by atoms with Crippen molar-refractivity contribution in [2.75, 3.05) is 18.6 Å². The molecule has 0 aliphatic carbocycles. The Morgan fingerprint density at radius 3 is 1.82 bits per heavy atom. The zero-order valence-electron chi connectivity index (χ0n) is 7.64. The van der Waals surface area contributed by atoms with Gasteiger partial charge in [0, 0.05) is 24.0 Å². The van der Waals surface area contributed by atoms with Gasteiger partial charge in [0.15, 0.2) is 4.27 Å². The number of hydrogen-bond acceptors (Lipinski definition) is 3. The standard InChI is InChI=1S/C8H16OS2/c1-7(2,3)8(9-4)10-5-6-11-8/h5-6H2,1-4H3. The second-order valence-corrected chi connectivity index (χ2v) is 6.51. The summed E-state index contributed by atoms with van der Waals surface area (Å²) >= 11 is 3.87. The van der Waals surface area contributed by atoms with Gasteiger partial charge in [-0.2, -0.15) is 0 Å². The van der Waals surface area contributed by atoms with E-state index >= 15 is 0 Å². The van der Waals surface area contributed by atoms with Crippen LogP contribution in [0.4, 0.5) is 0 Å². The summed E-state index contributed by atoms with van der Waals surface area (Å²) in [4.78, 5) is 0. The molecule has 0 N–H and O–H groups in total. The molecule has 1 heterocycles. The van der Waals surface area contributed by atoms with E-state index in [9.17, 15) is 0 Å². The van der Waals surface area contributed by atoms with Crippen LogP contribution in [0.2, 0.25) is 0 Å². The van der Waals surface area contributed by atoms with Gasteiger partial charge in [-0.15, -0.1) is 23.5 Å². The summed E-state index contributed by atoms with van der Waals surface area (Å²) in [6.45, 7) is 6.71. The molecule has 1 rings (SSSR count). The first-order valence-electron chi connectivity index (χ1n) is 3.85. The molecule has 1 saturated heterocycles. The van der Waals surface area contributed by atoms with Crippen LogP contribution < -0.4 is 0 Å². The van der Waals surface area contributed by atoms with E-state index in [-0.39, 0.29) is 9.68 Å². The lowest BCUT2D eigenvalue weighted by Gasteiger charge is -2.38. The van der Waals surface area contributed by atoms with Gasteiger partial charge in [-0.25, -0.2) is 0 Å². The fourth-order valence-electron chi connectivity index (χ4n) is 1.25. The molecule has 0 amide bonds. The number of methoxy groups -OCH3 is 1. The van der Waals surface area contributed by atoms with Gasteiger partial charge in [0.25, 0.3) is 0 Å². The molecule has 66 valence electrons. The minimum atomic E-state index is 0.00694. The Morgan fingerprint density at radius 1 is 1.18 bits per heavy atom. The third-order valence-corrected chi connectivity index (χ3v) is 5.95. The van der Waals surface area contributed by atoms with Gasteiger partial charge in [-0.1, -0.05) is 20.8 Å². The summed E-state index contributed by atoms with van der Waals surface area (Å²) in [5.74, 6) is 2.44. The van der Waals surface area contributed by atoms with Crippen LogP contribution in [-0.4, -0.2) is 22.9 Å². The SMILES string of the molecule is COC1(C(C)(C)C)SCCS1. The molecule has 0 radical (unpaired) electrons. The van der Waals surface area contributed by atoms with Crippen LogP contribution in [0.5, 0.6) is 0 Å². The lowest BCUT2D eigenvalue weighted by Crippen LogP contribution is -2.36. The first-order chi connectivity index (χ1) is 5.02. The average Bonchev–Trinajstić information content (AvgIpc) is 2.33. The smallest absolute Gasteiger partial charge is 0.164 e. The fourth-order valence-corrected chi connectivity index (χ4v) is 4.39. The molecule has 0 saturated carbocycles. The molecule has 0 atom stereocenters. The minimum Gasteiger partial charge on any atom is -0.358 e. The van der Waals surface area contributed by atoms with E-state index in [2.05, 4.69) is 20.8 Å². The predicted octanol–water partition coefficient (Wildman–Crippen LogP) is 2.81. The van der Waals surface area contributed by atoms with Crippen molar-refractivity contribution in [3.63, 3.8) is 0 Å². The highest BCUT2D eigenvalue weighted by atomic mass is 32.2. The Kier molecular flexibility index (Phi) is 2.83. The van der Waals surface area contributed by atoms with E-state index in [0.717, 1.165) is 0 Å². The van der Waals surface area contributed by atoms with Crippen molar-refractivity contribution in [2.45, 2.75) is 25.0 Å². The Labute approximate surface area is 77.6 Å². The normalized spacial score (nSPS) is 24.0. The van der Waals surface area contributed by atoms with Crippen molar-refractivity contribution < 1.29 is 4.74 Å². The Morgan fingerprint density at radius 2 is 1.64 bits per heavy atom. The van der Waals surface area contributed by atoms with Crippen molar-refractivity contribution in [2.24, 2.45) is 5.41 Å². The van der Waals surface area contributed by atoms with Crippen molar-refractivity contribution in [3.8, 4) is 0 Å². The van der Waals surface area contributed by atoms with E-state index in [1.165, 1.54) is 11.5 Å². The minimum absolute atomic E-state index is 0.00694. The first-order valence-corrected chi connectivity index (χ1v) is 5.82. The molecule has 0 aromatic carbocycles. The van der Waals surface area contributed by atoms with Gasteiger partial charge < -0.3 is 4.74 Å². The average molecular weight is 192 g/mol. The van der Waals surface area contributed by atoms with Crippen molar-refractivity contribution >= 4 is 23.5 Å². The molecule has 0 aromatic heterocycles. The summed E-state index contributed by atoms with van der Waals surface area (Å²) in [5.41, 5.74) is 0.230. The highest BCUT2D eigenvalue weighted by Crippen LogP contribution is 2.54. The first kappa shape index (κ1) is 9.75. The van der Waals surface area contributed by atoms with Crippen molar-refractivity contribution in [1.82, 2.24) is 0 Å². The van der Waals surface area contributed by atoms with Gasteiger partial charge in [-0.05, 0) is 0 Å². The quantitative estimate of drug-likeness (QED) is 0.632. The molecule has 0 bridgehead atoms. The summed E-state index contributed by atoms with van der Waals surface area (Å²) in [6, 6.07) is 0. The van der Waals surface area contributed by atoms with E-state index in [0.29, 0.717) is 0 Å². The molecule has 1 aliphatic heterocycles. The number of thioether (sulfide) groups is 2. The van der Waals surface area contributed by atoms with Crippen LogP contribution in [0, 0.1) is 5.41 Å². The summed E-state index contributed by atoms with van der Waals surface area (Å²) in [5, 5.41) is 0. The molecular weight excluding hydrogens is 176 g/mol. The molecule has 1 nitrogen and oxygen atoms in total. The zero-order valence-corrected chi connectivity index (χ0v) is 9.27. The molecule has 0 unspecified atom stereocenters. The van der Waals surface area contributed by atoms with Crippen LogP contribution >= 0.6 is 23.5 Å². The number of hydrogen-bond donors (Lipinski definition) is 0. The molecule has 0 aromatic rings. The maximum absolute atomic E-state index is 5.59. The zero-order chi connectivity index (χ0) is 8.54. The maximum Gasteiger partial charge on any atom is 0.164 e. The van der Waals surface area contributed by atoms with Crippen LogP contribution in [0.25, 0.3) is 0 Å². The largest absolute Gasteiger partial charge is 0.358 e. The molecular formula is C8H16OS2. The Bertz CT molecular complexity index is 134. The van der Waals surface area contributed by atoms with Gasteiger partial charge in [0.05, 0.1) is 0 Å². The molecule has 3 heteroatoms. The van der Waals surface area contributed by atoms with Gasteiger partial charge in [-0.3, -0.25) is 0 Å². The van der Waals surface area contributed by atoms with E-state index in [1.807, 2.05) is 30.6 Å². The highest BCUT2D eigenvalue weighted by Gasteiger charge is 2.46. The number of rotatable bonds is 1. The lowest BCUT2D eigenvalue weighted by atomic mass is 9.97. The lowest BCUT2D eigenvalue weighted by molar-refractivity contribution is 0.0593. The highest BCUT2D eigenvalue weighted by molar-refractivity contribution is 8.21. The summed E-state index contributed by atoms with van der Waals surface area (Å²) in [6.07, 6.45) is 0. The third-order valence-electron chi connectivity index (χ3n) is 1.85. The summed E-state index contributed by atoms with van der Waals surface area (Å²) < 4.78 is 5.60. The van der Waals surface area contributed by atoms with Crippen LogP contribution in [0.1, 0.15) is 20.8 Å². The van der Waals surface area contributed by atoms with Gasteiger partial charge in [0.1, 0.15) is 0 Å². The van der Waals surface area contributed by atoms with Crippen molar-refractivity contribution in [3.05, 3.63) is 0 Å². The van der Waals surface area contributed by atoms with E-state index in [4.69, 9.17) is 4.74 Å². The number of ether oxygens (including phenoxy) is 1. The molecule has 1 aliphatic rings. The second-order valence-electron chi connectivity index (χ2n) is 3.71. The predicted molar refractivity (Wildman–Crippen MR) is 54.1 cm³/mol. The van der Waals surface area contributed by atoms with Crippen LogP contribution in [0.3, 0.4) is 0 Å². The third kappa shape index (κ3) is 1.70. The van der Waals surface area contributed by atoms with Gasteiger partial charge >= 0.3 is 0 Å². The fraction of sp³-hybridized carbons (Fsp3) is 1.00. The van der Waals surface area contributed by atoms with E-state index < -0.39 is 0 Å².